The van der Waals surface area contributed by atoms with E-state index in [-0.39, 0.29) is 16.8 Å². The van der Waals surface area contributed by atoms with E-state index in [1.54, 1.807) is 6.20 Å². The van der Waals surface area contributed by atoms with Crippen molar-refractivity contribution >= 4 is 33.3 Å². The summed E-state index contributed by atoms with van der Waals surface area (Å²) in [4.78, 5) is 21.9. The molecule has 10 nitrogen and oxygen atoms in total. The highest BCUT2D eigenvalue weighted by Crippen LogP contribution is 2.30. The third kappa shape index (κ3) is 6.58. The van der Waals surface area contributed by atoms with E-state index in [0.29, 0.717) is 48.7 Å². The minimum absolute atomic E-state index is 0.0360. The Morgan fingerprint density at radius 1 is 1.14 bits per heavy atom. The average Bonchev–Trinajstić information content (AvgIpc) is 2.86. The molecule has 0 bridgehead atoms. The van der Waals surface area contributed by atoms with Gasteiger partial charge in [-0.25, -0.2) is 32.8 Å². The highest BCUT2D eigenvalue weighted by molar-refractivity contribution is 7.92. The molecule has 3 aromatic rings. The first-order valence-corrected chi connectivity index (χ1v) is 13.3. The summed E-state index contributed by atoms with van der Waals surface area (Å²) < 4.78 is 41.0. The fourth-order valence-electron chi connectivity index (χ4n) is 3.67. The van der Waals surface area contributed by atoms with Crippen LogP contribution in [0.1, 0.15) is 45.4 Å². The second-order valence-corrected chi connectivity index (χ2v) is 10.2. The van der Waals surface area contributed by atoms with E-state index < -0.39 is 15.8 Å². The lowest BCUT2D eigenvalue weighted by Crippen LogP contribution is -2.17. The molecule has 2 aromatic heterocycles. The zero-order valence-corrected chi connectivity index (χ0v) is 20.7. The number of hydrogen-bond acceptors (Lipinski definition) is 9. The zero-order chi connectivity index (χ0) is 25.5. The van der Waals surface area contributed by atoms with Crippen molar-refractivity contribution in [3.8, 4) is 11.3 Å². The maximum absolute atomic E-state index is 13.2. The molecule has 0 unspecified atom stereocenters. The van der Waals surface area contributed by atoms with Crippen LogP contribution in [0.3, 0.4) is 0 Å². The number of aliphatic imine (C=N–C) groups is 1. The van der Waals surface area contributed by atoms with Crippen molar-refractivity contribution in [2.24, 2.45) is 4.99 Å². The molecule has 0 radical (unpaired) electrons. The van der Waals surface area contributed by atoms with E-state index in [9.17, 15) is 17.9 Å². The molecule has 190 valence electrons. The summed E-state index contributed by atoms with van der Waals surface area (Å²) in [7, 11) is -3.99. The van der Waals surface area contributed by atoms with Gasteiger partial charge in [-0.15, -0.1) is 0 Å². The smallest absolute Gasteiger partial charge is 0.263 e. The Balaban J connectivity index is 1.65. The van der Waals surface area contributed by atoms with Crippen LogP contribution in [0.5, 0.6) is 0 Å². The molecule has 0 atom stereocenters. The van der Waals surface area contributed by atoms with Gasteiger partial charge in [0.05, 0.1) is 22.3 Å². The minimum atomic E-state index is -3.99. The zero-order valence-electron chi connectivity index (χ0n) is 19.9. The van der Waals surface area contributed by atoms with E-state index in [1.807, 2.05) is 0 Å². The monoisotopic (exact) mass is 513 g/mol. The standard InChI is InChI=1S/C24H28FN7O3S/c1-2-3-12-26-24-27-14-20(23(31-24)30-17-6-8-18(33)9-7-17)21-13-22(29-15-28-21)32-36(34,35)19-10-4-16(25)5-11-19/h4-5,10-11,13-15,18,33H,2-3,6-9,12H2,1H3,(H,26,27,31)(H,28,29,32). The maximum atomic E-state index is 13.2. The number of hydrogen-bond donors (Lipinski definition) is 3. The molecule has 0 saturated heterocycles. The Morgan fingerprint density at radius 3 is 2.61 bits per heavy atom. The number of sulfonamides is 1. The molecule has 0 amide bonds. The molecule has 1 saturated carbocycles. The van der Waals surface area contributed by atoms with Crippen LogP contribution in [0.15, 0.2) is 52.7 Å². The molecule has 0 spiro atoms. The molecule has 12 heteroatoms. The lowest BCUT2D eigenvalue weighted by atomic mass is 9.96. The molecule has 0 aliphatic heterocycles. The highest BCUT2D eigenvalue weighted by atomic mass is 32.2. The molecule has 1 aromatic carbocycles. The van der Waals surface area contributed by atoms with Crippen LogP contribution in [0.25, 0.3) is 11.3 Å². The summed E-state index contributed by atoms with van der Waals surface area (Å²) in [6.45, 7) is 2.82. The van der Waals surface area contributed by atoms with Crippen molar-refractivity contribution in [3.63, 3.8) is 0 Å². The average molecular weight is 514 g/mol. The highest BCUT2D eigenvalue weighted by Gasteiger charge is 2.19. The first kappa shape index (κ1) is 25.6. The summed E-state index contributed by atoms with van der Waals surface area (Å²) in [5, 5.41) is 13.0. The second-order valence-electron chi connectivity index (χ2n) is 8.47. The van der Waals surface area contributed by atoms with Gasteiger partial charge in [0.2, 0.25) is 5.95 Å². The fourth-order valence-corrected chi connectivity index (χ4v) is 4.67. The molecular weight excluding hydrogens is 485 g/mol. The van der Waals surface area contributed by atoms with Gasteiger partial charge in [-0.3, -0.25) is 4.72 Å². The van der Waals surface area contributed by atoms with Gasteiger partial charge in [-0.1, -0.05) is 13.3 Å². The Bertz CT molecular complexity index is 1320. The third-order valence-corrected chi connectivity index (χ3v) is 7.05. The lowest BCUT2D eigenvalue weighted by molar-refractivity contribution is 0.152. The van der Waals surface area contributed by atoms with Crippen LogP contribution in [0, 0.1) is 5.82 Å². The van der Waals surface area contributed by atoms with Gasteiger partial charge in [0.25, 0.3) is 10.0 Å². The Kier molecular flexibility index (Phi) is 8.16. The second kappa shape index (κ2) is 11.5. The summed E-state index contributed by atoms with van der Waals surface area (Å²) in [6.07, 6.45) is 7.12. The molecule has 1 aliphatic carbocycles. The SMILES string of the molecule is CCCCNc1ncc(-c2cc(NS(=O)(=O)c3ccc(F)cc3)ncn2)c(N=C2CCC(O)CC2)n1. The first-order valence-electron chi connectivity index (χ1n) is 11.8. The number of unbranched alkanes of at least 4 members (excludes halogenated alkanes) is 1. The summed E-state index contributed by atoms with van der Waals surface area (Å²) in [5.74, 6) is 0.344. The molecule has 4 rings (SSSR count). The van der Waals surface area contributed by atoms with Crippen molar-refractivity contribution < 1.29 is 17.9 Å². The molecule has 3 N–H and O–H groups in total. The summed E-state index contributed by atoms with van der Waals surface area (Å²) in [5.41, 5.74) is 1.82. The van der Waals surface area contributed by atoms with Crippen molar-refractivity contribution in [2.75, 3.05) is 16.6 Å². The van der Waals surface area contributed by atoms with Gasteiger partial charge >= 0.3 is 0 Å². The maximum Gasteiger partial charge on any atom is 0.263 e. The predicted molar refractivity (Wildman–Crippen MR) is 135 cm³/mol. The van der Waals surface area contributed by atoms with E-state index in [2.05, 4.69) is 36.9 Å². The van der Waals surface area contributed by atoms with Crippen LogP contribution in [-0.4, -0.2) is 51.8 Å². The van der Waals surface area contributed by atoms with Crippen molar-refractivity contribution in [2.45, 2.75) is 56.4 Å². The Morgan fingerprint density at radius 2 is 1.89 bits per heavy atom. The van der Waals surface area contributed by atoms with Crippen molar-refractivity contribution in [1.82, 2.24) is 19.9 Å². The number of aliphatic hydroxyl groups is 1. The van der Waals surface area contributed by atoms with Crippen LogP contribution in [-0.2, 0) is 10.0 Å². The number of halogens is 1. The van der Waals surface area contributed by atoms with E-state index >= 15 is 0 Å². The van der Waals surface area contributed by atoms with Gasteiger partial charge in [0.15, 0.2) is 5.82 Å². The van der Waals surface area contributed by atoms with Gasteiger partial charge in [0.1, 0.15) is 18.0 Å². The van der Waals surface area contributed by atoms with E-state index in [0.717, 1.165) is 37.2 Å². The number of anilines is 2. The molecule has 1 fully saturated rings. The number of nitrogens with one attached hydrogen (secondary N) is 2. The fraction of sp³-hybridized carbons (Fsp3) is 0.375. The molecule has 1 aliphatic rings. The molecule has 2 heterocycles. The minimum Gasteiger partial charge on any atom is -0.393 e. The van der Waals surface area contributed by atoms with Gasteiger partial charge in [-0.2, -0.15) is 4.98 Å². The van der Waals surface area contributed by atoms with E-state index in [1.165, 1.54) is 24.5 Å². The number of aromatic nitrogens is 4. The van der Waals surface area contributed by atoms with Crippen LogP contribution in [0.4, 0.5) is 22.0 Å². The number of benzene rings is 1. The van der Waals surface area contributed by atoms with Gasteiger partial charge in [-0.05, 0) is 56.4 Å². The normalized spacial score (nSPS) is 16.0. The van der Waals surface area contributed by atoms with Crippen LogP contribution in [0.2, 0.25) is 0 Å². The topological polar surface area (TPSA) is 142 Å². The van der Waals surface area contributed by atoms with Crippen LogP contribution < -0.4 is 10.0 Å². The largest absolute Gasteiger partial charge is 0.393 e. The lowest BCUT2D eigenvalue weighted by Gasteiger charge is -2.18. The van der Waals surface area contributed by atoms with Crippen molar-refractivity contribution in [3.05, 3.63) is 48.7 Å². The number of rotatable bonds is 9. The first-order chi connectivity index (χ1) is 17.3. The summed E-state index contributed by atoms with van der Waals surface area (Å²) in [6, 6.07) is 5.96. The Labute approximate surface area is 209 Å². The molecular formula is C24H28FN7O3S. The van der Waals surface area contributed by atoms with Gasteiger partial charge < -0.3 is 10.4 Å². The quantitative estimate of drug-likeness (QED) is 0.363. The third-order valence-electron chi connectivity index (χ3n) is 5.68. The van der Waals surface area contributed by atoms with E-state index in [4.69, 9.17) is 4.99 Å². The number of aliphatic hydroxyl groups excluding tert-OH is 1. The number of nitrogens with zero attached hydrogens (tertiary/aromatic N) is 5. The molecule has 36 heavy (non-hydrogen) atoms. The Hall–Kier alpha value is -3.51. The summed E-state index contributed by atoms with van der Waals surface area (Å²) >= 11 is 0. The van der Waals surface area contributed by atoms with Gasteiger partial charge in [0, 0.05) is 24.5 Å². The van der Waals surface area contributed by atoms with Crippen LogP contribution >= 0.6 is 0 Å². The van der Waals surface area contributed by atoms with Crippen molar-refractivity contribution in [1.29, 1.82) is 0 Å². The predicted octanol–water partition coefficient (Wildman–Crippen LogP) is 4.09.